The number of ether oxygens (including phenoxy) is 1. The number of rotatable bonds is 5. The van der Waals surface area contributed by atoms with Crippen molar-refractivity contribution in [1.29, 1.82) is 0 Å². The lowest BCUT2D eigenvalue weighted by molar-refractivity contribution is -0.137. The normalized spacial score (nSPS) is 12.8. The first-order valence-corrected chi connectivity index (χ1v) is 6.64. The Hall–Kier alpha value is -2.17. The number of hydrogen-bond acceptors (Lipinski definition) is 2. The van der Waals surface area contributed by atoms with Gasteiger partial charge in [-0.05, 0) is 36.4 Å². The van der Waals surface area contributed by atoms with Crippen LogP contribution >= 0.6 is 0 Å². The number of hydrogen-bond donors (Lipinski definition) is 1. The van der Waals surface area contributed by atoms with Crippen molar-refractivity contribution in [3.8, 4) is 5.75 Å². The maximum Gasteiger partial charge on any atom is 0.416 e. The zero-order chi connectivity index (χ0) is 15.3. The van der Waals surface area contributed by atoms with Gasteiger partial charge in [0.1, 0.15) is 5.75 Å². The summed E-state index contributed by atoms with van der Waals surface area (Å²) in [7, 11) is 0. The molecule has 2 aromatic rings. The van der Waals surface area contributed by atoms with Crippen LogP contribution in [0.1, 0.15) is 18.9 Å². The maximum absolute atomic E-state index is 12.5. The molecule has 1 N–H and O–H groups in total. The van der Waals surface area contributed by atoms with E-state index in [4.69, 9.17) is 4.74 Å². The first kappa shape index (κ1) is 15.2. The van der Waals surface area contributed by atoms with Crippen LogP contribution in [-0.2, 0) is 6.18 Å². The monoisotopic (exact) mass is 295 g/mol. The Labute approximate surface area is 121 Å². The van der Waals surface area contributed by atoms with Gasteiger partial charge in [0.25, 0.3) is 0 Å². The Morgan fingerprint density at radius 1 is 1.00 bits per heavy atom. The average molecular weight is 295 g/mol. The second-order valence-corrected chi connectivity index (χ2v) is 4.55. The van der Waals surface area contributed by atoms with Crippen LogP contribution in [0.3, 0.4) is 0 Å². The molecule has 0 amide bonds. The molecule has 0 heterocycles. The molecule has 2 aromatic carbocycles. The highest BCUT2D eigenvalue weighted by Crippen LogP contribution is 2.30. The minimum atomic E-state index is -4.32. The van der Waals surface area contributed by atoms with Crippen LogP contribution in [0.15, 0.2) is 54.6 Å². The number of para-hydroxylation sites is 1. The van der Waals surface area contributed by atoms with Gasteiger partial charge < -0.3 is 10.1 Å². The summed E-state index contributed by atoms with van der Waals surface area (Å²) in [6.07, 6.45) is -3.94. The largest absolute Gasteiger partial charge is 0.471 e. The minimum absolute atomic E-state index is 0.302. The molecule has 0 saturated carbocycles. The summed E-state index contributed by atoms with van der Waals surface area (Å²) in [6, 6.07) is 14.2. The molecule has 0 aliphatic rings. The van der Waals surface area contributed by atoms with Crippen LogP contribution in [0.4, 0.5) is 18.9 Å². The second-order valence-electron chi connectivity index (χ2n) is 4.55. The first-order valence-electron chi connectivity index (χ1n) is 6.64. The van der Waals surface area contributed by atoms with Crippen molar-refractivity contribution < 1.29 is 17.9 Å². The molecular formula is C16H16F3NO. The van der Waals surface area contributed by atoms with E-state index in [-0.39, 0.29) is 6.23 Å². The van der Waals surface area contributed by atoms with Crippen LogP contribution in [0.25, 0.3) is 0 Å². The van der Waals surface area contributed by atoms with Gasteiger partial charge in [0.15, 0.2) is 6.23 Å². The molecule has 0 aliphatic heterocycles. The lowest BCUT2D eigenvalue weighted by Crippen LogP contribution is -2.25. The third kappa shape index (κ3) is 4.41. The summed E-state index contributed by atoms with van der Waals surface area (Å²) in [5.74, 6) is 0.712. The molecule has 0 aliphatic carbocycles. The predicted octanol–water partition coefficient (Wildman–Crippen LogP) is 4.93. The van der Waals surface area contributed by atoms with Crippen molar-refractivity contribution in [2.45, 2.75) is 25.7 Å². The highest BCUT2D eigenvalue weighted by atomic mass is 19.4. The SMILES string of the molecule is CCC(Nc1ccc(C(F)(F)F)cc1)Oc1ccccc1. The predicted molar refractivity (Wildman–Crippen MR) is 76.2 cm³/mol. The van der Waals surface area contributed by atoms with Gasteiger partial charge in [-0.25, -0.2) is 0 Å². The van der Waals surface area contributed by atoms with Crippen molar-refractivity contribution in [1.82, 2.24) is 0 Å². The van der Waals surface area contributed by atoms with Gasteiger partial charge in [-0.1, -0.05) is 25.1 Å². The fraction of sp³-hybridized carbons (Fsp3) is 0.250. The number of halogens is 3. The summed E-state index contributed by atoms with van der Waals surface area (Å²) in [5, 5.41) is 3.07. The Morgan fingerprint density at radius 3 is 2.14 bits per heavy atom. The van der Waals surface area contributed by atoms with Crippen LogP contribution in [0, 0.1) is 0 Å². The van der Waals surface area contributed by atoms with Crippen molar-refractivity contribution in [2.24, 2.45) is 0 Å². The van der Waals surface area contributed by atoms with Gasteiger partial charge in [-0.2, -0.15) is 13.2 Å². The molecule has 1 unspecified atom stereocenters. The van der Waals surface area contributed by atoms with Crippen LogP contribution in [0.2, 0.25) is 0 Å². The zero-order valence-electron chi connectivity index (χ0n) is 11.5. The quantitative estimate of drug-likeness (QED) is 0.789. The molecule has 0 fully saturated rings. The van der Waals surface area contributed by atoms with Crippen LogP contribution in [-0.4, -0.2) is 6.23 Å². The Balaban J connectivity index is 2.02. The topological polar surface area (TPSA) is 21.3 Å². The van der Waals surface area contributed by atoms with Gasteiger partial charge in [-0.15, -0.1) is 0 Å². The Kier molecular flexibility index (Phi) is 4.73. The fourth-order valence-corrected chi connectivity index (χ4v) is 1.82. The highest BCUT2D eigenvalue weighted by molar-refractivity contribution is 5.45. The summed E-state index contributed by atoms with van der Waals surface area (Å²) >= 11 is 0. The minimum Gasteiger partial charge on any atom is -0.471 e. The smallest absolute Gasteiger partial charge is 0.416 e. The first-order chi connectivity index (χ1) is 9.99. The molecule has 21 heavy (non-hydrogen) atoms. The molecule has 5 heteroatoms. The van der Waals surface area contributed by atoms with Gasteiger partial charge in [-0.3, -0.25) is 0 Å². The zero-order valence-corrected chi connectivity index (χ0v) is 11.5. The van der Waals surface area contributed by atoms with Crippen molar-refractivity contribution in [3.63, 3.8) is 0 Å². The van der Waals surface area contributed by atoms with E-state index in [1.165, 1.54) is 12.1 Å². The fourth-order valence-electron chi connectivity index (χ4n) is 1.82. The van der Waals surface area contributed by atoms with E-state index >= 15 is 0 Å². The lowest BCUT2D eigenvalue weighted by Gasteiger charge is -2.20. The molecule has 112 valence electrons. The average Bonchev–Trinajstić information content (AvgIpc) is 2.47. The van der Waals surface area contributed by atoms with Gasteiger partial charge in [0, 0.05) is 12.1 Å². The Bertz CT molecular complexity index is 552. The lowest BCUT2D eigenvalue weighted by atomic mass is 10.2. The van der Waals surface area contributed by atoms with Crippen LogP contribution in [0.5, 0.6) is 5.75 Å². The second kappa shape index (κ2) is 6.52. The van der Waals surface area contributed by atoms with E-state index in [9.17, 15) is 13.2 Å². The molecule has 0 aromatic heterocycles. The summed E-state index contributed by atoms with van der Waals surface area (Å²) in [6.45, 7) is 1.94. The maximum atomic E-state index is 12.5. The van der Waals surface area contributed by atoms with E-state index in [0.717, 1.165) is 12.1 Å². The molecule has 2 nitrogen and oxygen atoms in total. The van der Waals surface area contributed by atoms with Crippen molar-refractivity contribution in [3.05, 3.63) is 60.2 Å². The molecule has 2 rings (SSSR count). The van der Waals surface area contributed by atoms with E-state index < -0.39 is 11.7 Å². The van der Waals surface area contributed by atoms with E-state index in [1.54, 1.807) is 0 Å². The molecule has 0 saturated heterocycles. The van der Waals surface area contributed by atoms with Crippen LogP contribution < -0.4 is 10.1 Å². The molecular weight excluding hydrogens is 279 g/mol. The highest BCUT2D eigenvalue weighted by Gasteiger charge is 2.29. The Morgan fingerprint density at radius 2 is 1.62 bits per heavy atom. The molecule has 0 radical (unpaired) electrons. The van der Waals surface area contributed by atoms with Crippen molar-refractivity contribution >= 4 is 5.69 Å². The van der Waals surface area contributed by atoms with Gasteiger partial charge >= 0.3 is 6.18 Å². The summed E-state index contributed by atoms with van der Waals surface area (Å²) in [5.41, 5.74) is -0.0733. The van der Waals surface area contributed by atoms with Gasteiger partial charge in [0.2, 0.25) is 0 Å². The standard InChI is InChI=1S/C16H16F3NO/c1-2-15(21-14-6-4-3-5-7-14)20-13-10-8-12(9-11-13)16(17,18)19/h3-11,15,20H,2H2,1H3. The summed E-state index contributed by atoms with van der Waals surface area (Å²) in [4.78, 5) is 0. The number of alkyl halides is 3. The third-order valence-electron chi connectivity index (χ3n) is 2.93. The van der Waals surface area contributed by atoms with E-state index in [0.29, 0.717) is 17.9 Å². The molecule has 1 atom stereocenters. The van der Waals surface area contributed by atoms with E-state index in [1.807, 2.05) is 37.3 Å². The molecule has 0 spiro atoms. The third-order valence-corrected chi connectivity index (χ3v) is 2.93. The molecule has 0 bridgehead atoms. The number of nitrogens with one attached hydrogen (secondary N) is 1. The number of anilines is 1. The summed E-state index contributed by atoms with van der Waals surface area (Å²) < 4.78 is 43.2. The number of benzene rings is 2. The van der Waals surface area contributed by atoms with Gasteiger partial charge in [0.05, 0.1) is 5.56 Å². The van der Waals surface area contributed by atoms with E-state index in [2.05, 4.69) is 5.32 Å². The van der Waals surface area contributed by atoms with Crippen molar-refractivity contribution in [2.75, 3.05) is 5.32 Å².